The van der Waals surface area contributed by atoms with Crippen LogP contribution in [0.3, 0.4) is 0 Å². The summed E-state index contributed by atoms with van der Waals surface area (Å²) in [5, 5.41) is 16.8. The number of hydrogen-bond donors (Lipinski definition) is 3. The number of aliphatic hydroxyl groups excluding tert-OH is 1. The summed E-state index contributed by atoms with van der Waals surface area (Å²) in [5.41, 5.74) is 1.97. The normalized spacial score (nSPS) is 13.1. The molecule has 0 aliphatic rings. The minimum absolute atomic E-state index is 0. The average Bonchev–Trinajstić information content (AvgIpc) is 2.70. The number of nitrogens with one attached hydrogen (secondary N) is 2. The molecule has 0 radical (unpaired) electrons. The van der Waals surface area contributed by atoms with E-state index in [1.54, 1.807) is 7.11 Å². The van der Waals surface area contributed by atoms with Crippen LogP contribution in [-0.4, -0.2) is 43.9 Å². The van der Waals surface area contributed by atoms with Gasteiger partial charge in [0.15, 0.2) is 5.96 Å². The van der Waals surface area contributed by atoms with Gasteiger partial charge in [0.05, 0.1) is 26.3 Å². The number of rotatable bonds is 9. The molecule has 0 saturated carbocycles. The second kappa shape index (κ2) is 13.3. The van der Waals surface area contributed by atoms with Crippen molar-refractivity contribution in [3.8, 4) is 11.5 Å². The van der Waals surface area contributed by atoms with Crippen LogP contribution in [0.4, 0.5) is 0 Å². The monoisotopic (exact) mass is 513 g/mol. The van der Waals surface area contributed by atoms with E-state index in [1.807, 2.05) is 69.3 Å². The zero-order chi connectivity index (χ0) is 20.4. The van der Waals surface area contributed by atoms with E-state index in [0.717, 1.165) is 23.6 Å². The van der Waals surface area contributed by atoms with Crippen LogP contribution in [0.1, 0.15) is 31.1 Å². The van der Waals surface area contributed by atoms with Crippen molar-refractivity contribution in [2.75, 3.05) is 26.7 Å². The van der Waals surface area contributed by atoms with E-state index in [-0.39, 0.29) is 36.6 Å². The molecule has 0 aliphatic carbocycles. The van der Waals surface area contributed by atoms with Crippen molar-refractivity contribution in [1.82, 2.24) is 10.6 Å². The fourth-order valence-corrected chi connectivity index (χ4v) is 2.65. The Morgan fingerprint density at radius 1 is 1.10 bits per heavy atom. The van der Waals surface area contributed by atoms with Crippen molar-refractivity contribution >= 4 is 29.9 Å². The molecule has 0 saturated heterocycles. The van der Waals surface area contributed by atoms with Crippen LogP contribution in [0.15, 0.2) is 53.5 Å². The molecular weight excluding hydrogens is 481 g/mol. The lowest BCUT2D eigenvalue weighted by Gasteiger charge is -2.18. The molecule has 0 heterocycles. The number of aryl methyl sites for hydroxylation is 1. The zero-order valence-electron chi connectivity index (χ0n) is 17.5. The number of aliphatic imine (C=N–C) groups is 1. The number of halogens is 1. The van der Waals surface area contributed by atoms with Crippen LogP contribution in [0.25, 0.3) is 0 Å². The maximum atomic E-state index is 10.4. The lowest BCUT2D eigenvalue weighted by atomic mass is 10.1. The summed E-state index contributed by atoms with van der Waals surface area (Å²) in [6.07, 6.45) is -0.709. The van der Waals surface area contributed by atoms with Gasteiger partial charge in [0.25, 0.3) is 0 Å². The predicted octanol–water partition coefficient (Wildman–Crippen LogP) is 3.68. The van der Waals surface area contributed by atoms with E-state index in [4.69, 9.17) is 9.47 Å². The summed E-state index contributed by atoms with van der Waals surface area (Å²) >= 11 is 0. The molecule has 29 heavy (non-hydrogen) atoms. The van der Waals surface area contributed by atoms with Crippen LogP contribution < -0.4 is 20.1 Å². The number of nitrogens with zero attached hydrogens (tertiary/aromatic N) is 1. The Hall–Kier alpha value is -2.00. The molecule has 3 N–H and O–H groups in total. The standard InChI is InChI=1S/C22H31N3O3.HI/c1-5-23-22(24-14-17(3)28-20-8-6-7-16(2)13-20)25-15-21(26)18-9-11-19(27-4)12-10-18;/h6-13,17,21,26H,5,14-15H2,1-4H3,(H2,23,24,25);1H. The van der Waals surface area contributed by atoms with Crippen LogP contribution in [0.5, 0.6) is 11.5 Å². The number of ether oxygens (including phenoxy) is 2. The van der Waals surface area contributed by atoms with Crippen LogP contribution in [-0.2, 0) is 0 Å². The first kappa shape index (κ1) is 25.0. The molecule has 2 aromatic carbocycles. The number of hydrogen-bond acceptors (Lipinski definition) is 4. The third-order valence-corrected chi connectivity index (χ3v) is 4.15. The van der Waals surface area contributed by atoms with E-state index in [2.05, 4.69) is 15.6 Å². The van der Waals surface area contributed by atoms with Crippen molar-refractivity contribution < 1.29 is 14.6 Å². The zero-order valence-corrected chi connectivity index (χ0v) is 19.8. The Bertz CT molecular complexity index is 753. The molecule has 160 valence electrons. The fourth-order valence-electron chi connectivity index (χ4n) is 2.65. The van der Waals surface area contributed by atoms with Crippen LogP contribution in [0.2, 0.25) is 0 Å². The molecule has 0 spiro atoms. The van der Waals surface area contributed by atoms with Gasteiger partial charge in [0.1, 0.15) is 17.6 Å². The molecule has 2 rings (SSSR count). The Labute approximate surface area is 190 Å². The van der Waals surface area contributed by atoms with E-state index in [1.165, 1.54) is 5.56 Å². The molecule has 6 nitrogen and oxygen atoms in total. The van der Waals surface area contributed by atoms with Crippen molar-refractivity contribution in [2.45, 2.75) is 33.0 Å². The first-order chi connectivity index (χ1) is 13.5. The van der Waals surface area contributed by atoms with Crippen LogP contribution in [0, 0.1) is 6.92 Å². The summed E-state index contributed by atoms with van der Waals surface area (Å²) in [6.45, 7) is 7.64. The molecule has 0 amide bonds. The maximum absolute atomic E-state index is 10.4. The van der Waals surface area contributed by atoms with Gasteiger partial charge in [-0.1, -0.05) is 24.3 Å². The van der Waals surface area contributed by atoms with E-state index in [9.17, 15) is 5.11 Å². The van der Waals surface area contributed by atoms with Gasteiger partial charge in [-0.2, -0.15) is 0 Å². The number of guanidine groups is 1. The minimum atomic E-state index is -0.678. The van der Waals surface area contributed by atoms with Gasteiger partial charge in [-0.05, 0) is 56.2 Å². The Kier molecular flexibility index (Phi) is 11.5. The molecular formula is C22H32IN3O3. The highest BCUT2D eigenvalue weighted by Crippen LogP contribution is 2.18. The number of methoxy groups -OCH3 is 1. The smallest absolute Gasteiger partial charge is 0.191 e. The van der Waals surface area contributed by atoms with Gasteiger partial charge in [-0.25, -0.2) is 0 Å². The summed E-state index contributed by atoms with van der Waals surface area (Å²) < 4.78 is 11.1. The summed E-state index contributed by atoms with van der Waals surface area (Å²) in [7, 11) is 1.62. The Morgan fingerprint density at radius 3 is 2.45 bits per heavy atom. The predicted molar refractivity (Wildman–Crippen MR) is 129 cm³/mol. The highest BCUT2D eigenvalue weighted by molar-refractivity contribution is 14.0. The maximum Gasteiger partial charge on any atom is 0.191 e. The van der Waals surface area contributed by atoms with E-state index in [0.29, 0.717) is 12.5 Å². The molecule has 0 aromatic heterocycles. The third-order valence-electron chi connectivity index (χ3n) is 4.15. The molecule has 0 bridgehead atoms. The van der Waals surface area contributed by atoms with Gasteiger partial charge >= 0.3 is 0 Å². The molecule has 2 aromatic rings. The summed E-state index contributed by atoms with van der Waals surface area (Å²) in [5.74, 6) is 2.26. The van der Waals surface area contributed by atoms with Crippen molar-refractivity contribution in [3.63, 3.8) is 0 Å². The van der Waals surface area contributed by atoms with Gasteiger partial charge < -0.3 is 25.2 Å². The quantitative estimate of drug-likeness (QED) is 0.271. The highest BCUT2D eigenvalue weighted by Gasteiger charge is 2.09. The summed E-state index contributed by atoms with van der Waals surface area (Å²) in [4.78, 5) is 4.48. The SMILES string of the molecule is CCNC(=NCC(O)c1ccc(OC)cc1)NCC(C)Oc1cccc(C)c1.I. The van der Waals surface area contributed by atoms with Crippen molar-refractivity contribution in [2.24, 2.45) is 4.99 Å². The average molecular weight is 513 g/mol. The Balaban J connectivity index is 0.00000420. The fraction of sp³-hybridized carbons (Fsp3) is 0.409. The lowest BCUT2D eigenvalue weighted by molar-refractivity contribution is 0.187. The first-order valence-corrected chi connectivity index (χ1v) is 9.59. The number of benzene rings is 2. The molecule has 0 fully saturated rings. The summed E-state index contributed by atoms with van der Waals surface area (Å²) in [6, 6.07) is 15.3. The second-order valence-corrected chi connectivity index (χ2v) is 6.63. The lowest BCUT2D eigenvalue weighted by Crippen LogP contribution is -2.42. The topological polar surface area (TPSA) is 75.1 Å². The Morgan fingerprint density at radius 2 is 1.83 bits per heavy atom. The minimum Gasteiger partial charge on any atom is -0.497 e. The first-order valence-electron chi connectivity index (χ1n) is 9.59. The van der Waals surface area contributed by atoms with Gasteiger partial charge in [-0.15, -0.1) is 24.0 Å². The number of aliphatic hydroxyl groups is 1. The van der Waals surface area contributed by atoms with Gasteiger partial charge in [-0.3, -0.25) is 4.99 Å². The van der Waals surface area contributed by atoms with E-state index < -0.39 is 6.10 Å². The second-order valence-electron chi connectivity index (χ2n) is 6.63. The van der Waals surface area contributed by atoms with E-state index >= 15 is 0 Å². The molecule has 2 atom stereocenters. The third kappa shape index (κ3) is 8.91. The van der Waals surface area contributed by atoms with Crippen LogP contribution >= 0.6 is 24.0 Å². The largest absolute Gasteiger partial charge is 0.497 e. The molecule has 2 unspecified atom stereocenters. The van der Waals surface area contributed by atoms with Crippen molar-refractivity contribution in [1.29, 1.82) is 0 Å². The molecule has 0 aliphatic heterocycles. The molecule has 7 heteroatoms. The van der Waals surface area contributed by atoms with Gasteiger partial charge in [0, 0.05) is 6.54 Å². The van der Waals surface area contributed by atoms with Crippen molar-refractivity contribution in [3.05, 3.63) is 59.7 Å². The highest BCUT2D eigenvalue weighted by atomic mass is 127. The van der Waals surface area contributed by atoms with Gasteiger partial charge in [0.2, 0.25) is 0 Å².